The Balaban J connectivity index is 1.54. The van der Waals surface area contributed by atoms with Gasteiger partial charge in [-0.3, -0.25) is 15.1 Å². The number of aliphatic imine (C=N–C) groups is 1. The van der Waals surface area contributed by atoms with Crippen LogP contribution in [0.25, 0.3) is 0 Å². The van der Waals surface area contributed by atoms with Crippen molar-refractivity contribution in [3.63, 3.8) is 0 Å². The van der Waals surface area contributed by atoms with Gasteiger partial charge in [-0.2, -0.15) is 0 Å². The van der Waals surface area contributed by atoms with Gasteiger partial charge in [0.15, 0.2) is 0 Å². The van der Waals surface area contributed by atoms with Crippen molar-refractivity contribution < 1.29 is 10.0 Å². The second-order valence-corrected chi connectivity index (χ2v) is 9.19. The van der Waals surface area contributed by atoms with Crippen LogP contribution in [-0.2, 0) is 0 Å². The average molecular weight is 406 g/mol. The van der Waals surface area contributed by atoms with Crippen LogP contribution in [0.4, 0.5) is 5.69 Å². The van der Waals surface area contributed by atoms with Gasteiger partial charge in [0.05, 0.1) is 4.92 Å². The van der Waals surface area contributed by atoms with Gasteiger partial charge in [0.1, 0.15) is 0 Å². The number of rotatable bonds is 4. The van der Waals surface area contributed by atoms with Crippen molar-refractivity contribution in [2.24, 2.45) is 28.2 Å². The second-order valence-electron chi connectivity index (χ2n) is 8.33. The SMILES string of the molecule is O=[N+]([O-])c1cc(Br)c([O-])c(C=NCC23CC4C[C@@H](CC[C@@H](C4)C2)C3)c1. The van der Waals surface area contributed by atoms with Gasteiger partial charge < -0.3 is 5.11 Å². The number of nitrogens with zero attached hydrogens (tertiary/aromatic N) is 2. The molecule has 2 unspecified atom stereocenters. The van der Waals surface area contributed by atoms with Crippen molar-refractivity contribution in [3.05, 3.63) is 32.3 Å². The van der Waals surface area contributed by atoms with Gasteiger partial charge in [-0.25, -0.2) is 0 Å². The predicted molar refractivity (Wildman–Crippen MR) is 97.9 cm³/mol. The quantitative estimate of drug-likeness (QED) is 0.421. The molecule has 6 heteroatoms. The summed E-state index contributed by atoms with van der Waals surface area (Å²) < 4.78 is 0.217. The molecule has 4 bridgehead atoms. The average Bonchev–Trinajstić information content (AvgIpc) is 2.76. The molecule has 134 valence electrons. The summed E-state index contributed by atoms with van der Waals surface area (Å²) in [6.45, 7) is 0.746. The lowest BCUT2D eigenvalue weighted by Crippen LogP contribution is -2.39. The summed E-state index contributed by atoms with van der Waals surface area (Å²) in [4.78, 5) is 15.1. The van der Waals surface area contributed by atoms with Crippen LogP contribution in [0.5, 0.6) is 5.75 Å². The van der Waals surface area contributed by atoms with E-state index in [-0.39, 0.29) is 15.9 Å². The molecule has 4 aliphatic carbocycles. The van der Waals surface area contributed by atoms with Crippen LogP contribution in [-0.4, -0.2) is 17.7 Å². The number of nitro groups is 1. The van der Waals surface area contributed by atoms with Crippen molar-refractivity contribution >= 4 is 27.8 Å². The van der Waals surface area contributed by atoms with Gasteiger partial charge in [-0.1, -0.05) is 34.5 Å². The van der Waals surface area contributed by atoms with E-state index in [0.29, 0.717) is 11.0 Å². The summed E-state index contributed by atoms with van der Waals surface area (Å²) in [5, 5.41) is 23.2. The molecule has 0 spiro atoms. The van der Waals surface area contributed by atoms with Gasteiger partial charge in [0, 0.05) is 29.4 Å². The zero-order chi connectivity index (χ0) is 17.6. The van der Waals surface area contributed by atoms with E-state index in [1.165, 1.54) is 57.1 Å². The summed E-state index contributed by atoms with van der Waals surface area (Å²) in [5.74, 6) is 2.32. The molecule has 0 aromatic heterocycles. The number of hydrogen-bond acceptors (Lipinski definition) is 4. The molecule has 5 nitrogen and oxygen atoms in total. The number of nitro benzene ring substituents is 1. The van der Waals surface area contributed by atoms with Crippen molar-refractivity contribution in [1.29, 1.82) is 0 Å². The minimum atomic E-state index is -0.481. The maximum Gasteiger partial charge on any atom is 0.271 e. The Bertz CT molecular complexity index is 718. The van der Waals surface area contributed by atoms with E-state index in [4.69, 9.17) is 0 Å². The monoisotopic (exact) mass is 405 g/mol. The molecule has 0 radical (unpaired) electrons. The molecule has 0 heterocycles. The molecule has 0 saturated heterocycles. The van der Waals surface area contributed by atoms with E-state index < -0.39 is 4.92 Å². The van der Waals surface area contributed by atoms with Crippen molar-refractivity contribution in [2.75, 3.05) is 6.54 Å². The third kappa shape index (κ3) is 3.33. The first-order chi connectivity index (χ1) is 11.9. The Morgan fingerprint density at radius 2 is 1.84 bits per heavy atom. The minimum Gasteiger partial charge on any atom is -0.871 e. The van der Waals surface area contributed by atoms with Crippen LogP contribution in [0.1, 0.15) is 50.5 Å². The van der Waals surface area contributed by atoms with Gasteiger partial charge in [-0.15, -0.1) is 0 Å². The molecule has 25 heavy (non-hydrogen) atoms. The smallest absolute Gasteiger partial charge is 0.271 e. The molecular weight excluding hydrogens is 384 g/mol. The van der Waals surface area contributed by atoms with Crippen LogP contribution in [0.2, 0.25) is 0 Å². The topological polar surface area (TPSA) is 78.6 Å². The van der Waals surface area contributed by atoms with Gasteiger partial charge in [-0.05, 0) is 60.8 Å². The summed E-state index contributed by atoms with van der Waals surface area (Å²) >= 11 is 3.12. The third-order valence-electron chi connectivity index (χ3n) is 6.41. The highest BCUT2D eigenvalue weighted by molar-refractivity contribution is 9.10. The lowest BCUT2D eigenvalue weighted by atomic mass is 9.58. The molecule has 1 aromatic carbocycles. The molecular formula is C19H22BrN2O3-. The number of hydrogen-bond donors (Lipinski definition) is 0. The van der Waals surface area contributed by atoms with Crippen molar-refractivity contribution in [3.8, 4) is 5.75 Å². The lowest BCUT2D eigenvalue weighted by molar-refractivity contribution is -0.385. The number of non-ortho nitro benzene ring substituents is 1. The molecule has 0 N–H and O–H groups in total. The van der Waals surface area contributed by atoms with Crippen molar-refractivity contribution in [1.82, 2.24) is 0 Å². The van der Waals surface area contributed by atoms with Crippen LogP contribution in [0, 0.1) is 33.3 Å². The molecule has 4 saturated carbocycles. The number of fused-ring (bicyclic) bond motifs is 1. The minimum absolute atomic E-state index is 0.0838. The Morgan fingerprint density at radius 1 is 1.20 bits per heavy atom. The standard InChI is InChI=1S/C19H23BrN2O3/c20-17-6-16(22(24)25)5-15(18(17)23)10-21-11-19-7-12-1-2-13(8-19)4-14(3-12)9-19/h5-6,10,12-14,23H,1-4,7-9,11H2/p-1/t12-,13+,14?,19?. The van der Waals surface area contributed by atoms with E-state index in [1.807, 2.05) is 0 Å². The van der Waals surface area contributed by atoms with Gasteiger partial charge in [0.25, 0.3) is 5.69 Å². The highest BCUT2D eigenvalue weighted by Crippen LogP contribution is 2.57. The summed E-state index contributed by atoms with van der Waals surface area (Å²) in [6, 6.07) is 2.57. The first kappa shape index (κ1) is 17.0. The van der Waals surface area contributed by atoms with Gasteiger partial charge in [0.2, 0.25) is 0 Å². The summed E-state index contributed by atoms with van der Waals surface area (Å²) in [6.07, 6.45) is 10.9. The van der Waals surface area contributed by atoms with E-state index in [1.54, 1.807) is 6.21 Å². The Kier molecular flexibility index (Phi) is 4.34. The zero-order valence-electron chi connectivity index (χ0n) is 14.1. The van der Waals surface area contributed by atoms with Crippen molar-refractivity contribution in [2.45, 2.75) is 44.9 Å². The first-order valence-corrected chi connectivity index (χ1v) is 9.88. The fourth-order valence-electron chi connectivity index (χ4n) is 5.70. The molecule has 0 aliphatic heterocycles. The maximum absolute atomic E-state index is 12.2. The van der Waals surface area contributed by atoms with E-state index >= 15 is 0 Å². The number of benzene rings is 1. The zero-order valence-corrected chi connectivity index (χ0v) is 15.7. The fraction of sp³-hybridized carbons (Fsp3) is 0.632. The molecule has 4 fully saturated rings. The summed E-state index contributed by atoms with van der Waals surface area (Å²) in [5.41, 5.74) is 0.507. The van der Waals surface area contributed by atoms with Gasteiger partial charge >= 0.3 is 0 Å². The van der Waals surface area contributed by atoms with E-state index in [2.05, 4.69) is 20.9 Å². The normalized spacial score (nSPS) is 33.7. The molecule has 4 aliphatic rings. The van der Waals surface area contributed by atoms with E-state index in [0.717, 1.165) is 24.3 Å². The predicted octanol–water partition coefficient (Wildman–Crippen LogP) is 4.46. The molecule has 4 atom stereocenters. The van der Waals surface area contributed by atoms with E-state index in [9.17, 15) is 15.2 Å². The molecule has 0 amide bonds. The Morgan fingerprint density at radius 3 is 2.48 bits per heavy atom. The fourth-order valence-corrected chi connectivity index (χ4v) is 6.17. The maximum atomic E-state index is 12.2. The van der Waals surface area contributed by atoms with Crippen LogP contribution < -0.4 is 5.11 Å². The highest BCUT2D eigenvalue weighted by Gasteiger charge is 2.48. The summed E-state index contributed by atoms with van der Waals surface area (Å²) in [7, 11) is 0. The van der Waals surface area contributed by atoms with Crippen LogP contribution >= 0.6 is 15.9 Å². The second kappa shape index (κ2) is 6.38. The Labute approximate surface area is 155 Å². The largest absolute Gasteiger partial charge is 0.871 e. The lowest BCUT2D eigenvalue weighted by Gasteiger charge is -2.47. The third-order valence-corrected chi connectivity index (χ3v) is 7.00. The van der Waals surface area contributed by atoms with Crippen LogP contribution in [0.3, 0.4) is 0 Å². The number of halogens is 1. The first-order valence-electron chi connectivity index (χ1n) is 9.09. The molecule has 1 aromatic rings. The molecule has 5 rings (SSSR count). The highest BCUT2D eigenvalue weighted by atomic mass is 79.9. The Hall–Kier alpha value is -1.43. The van der Waals surface area contributed by atoms with Crippen LogP contribution in [0.15, 0.2) is 21.6 Å².